The lowest BCUT2D eigenvalue weighted by molar-refractivity contribution is 0.0909. The SMILES string of the molecule is CC(C)(C(=O)c1ccccc1)c1ccc(N)cc1. The number of anilines is 1. The third-order valence-corrected chi connectivity index (χ3v) is 3.24. The maximum Gasteiger partial charge on any atom is 0.172 e. The lowest BCUT2D eigenvalue weighted by Crippen LogP contribution is -2.29. The molecule has 0 spiro atoms. The quantitative estimate of drug-likeness (QED) is 0.658. The van der Waals surface area contributed by atoms with E-state index in [-0.39, 0.29) is 5.78 Å². The molecule has 0 bridgehead atoms. The van der Waals surface area contributed by atoms with Gasteiger partial charge in [0.05, 0.1) is 5.41 Å². The molecular formula is C16H17NO. The summed E-state index contributed by atoms with van der Waals surface area (Å²) >= 11 is 0. The van der Waals surface area contributed by atoms with Crippen LogP contribution in [-0.2, 0) is 5.41 Å². The minimum absolute atomic E-state index is 0.118. The van der Waals surface area contributed by atoms with E-state index in [0.29, 0.717) is 5.69 Å². The Labute approximate surface area is 107 Å². The molecule has 2 aromatic carbocycles. The third kappa shape index (κ3) is 2.28. The van der Waals surface area contributed by atoms with Gasteiger partial charge in [0.2, 0.25) is 0 Å². The van der Waals surface area contributed by atoms with Crippen LogP contribution in [-0.4, -0.2) is 5.78 Å². The van der Waals surface area contributed by atoms with Crippen molar-refractivity contribution in [3.05, 3.63) is 65.7 Å². The van der Waals surface area contributed by atoms with Crippen LogP contribution in [0.25, 0.3) is 0 Å². The summed E-state index contributed by atoms with van der Waals surface area (Å²) in [5.41, 5.74) is 7.55. The number of hydrogen-bond donors (Lipinski definition) is 1. The molecule has 0 radical (unpaired) electrons. The average Bonchev–Trinajstić information content (AvgIpc) is 2.39. The summed E-state index contributed by atoms with van der Waals surface area (Å²) in [4.78, 5) is 12.5. The molecule has 0 aliphatic carbocycles. The maximum atomic E-state index is 12.5. The summed E-state index contributed by atoms with van der Waals surface area (Å²) < 4.78 is 0. The Morgan fingerprint density at radius 2 is 1.50 bits per heavy atom. The Kier molecular flexibility index (Phi) is 3.19. The van der Waals surface area contributed by atoms with Gasteiger partial charge in [-0.25, -0.2) is 0 Å². The fraction of sp³-hybridized carbons (Fsp3) is 0.188. The molecule has 0 heterocycles. The first-order valence-corrected chi connectivity index (χ1v) is 5.97. The van der Waals surface area contributed by atoms with Crippen LogP contribution in [0.3, 0.4) is 0 Å². The van der Waals surface area contributed by atoms with Gasteiger partial charge in [-0.05, 0) is 31.5 Å². The molecule has 2 N–H and O–H groups in total. The van der Waals surface area contributed by atoms with Gasteiger partial charge in [-0.1, -0.05) is 42.5 Å². The van der Waals surface area contributed by atoms with Crippen molar-refractivity contribution in [2.45, 2.75) is 19.3 Å². The van der Waals surface area contributed by atoms with E-state index in [1.54, 1.807) is 0 Å². The fourth-order valence-corrected chi connectivity index (χ4v) is 1.98. The van der Waals surface area contributed by atoms with E-state index in [9.17, 15) is 4.79 Å². The lowest BCUT2D eigenvalue weighted by Gasteiger charge is -2.24. The molecule has 0 fully saturated rings. The van der Waals surface area contributed by atoms with Gasteiger partial charge in [-0.2, -0.15) is 0 Å². The number of hydrogen-bond acceptors (Lipinski definition) is 2. The second-order valence-corrected chi connectivity index (χ2v) is 4.94. The van der Waals surface area contributed by atoms with Crippen molar-refractivity contribution in [2.24, 2.45) is 0 Å². The van der Waals surface area contributed by atoms with E-state index in [1.165, 1.54) is 0 Å². The van der Waals surface area contributed by atoms with Gasteiger partial charge in [0, 0.05) is 11.3 Å². The van der Waals surface area contributed by atoms with Crippen molar-refractivity contribution in [3.63, 3.8) is 0 Å². The van der Waals surface area contributed by atoms with Crippen LogP contribution in [0.4, 0.5) is 5.69 Å². The molecule has 0 saturated heterocycles. The van der Waals surface area contributed by atoms with Crippen LogP contribution in [0.15, 0.2) is 54.6 Å². The number of nitrogens with two attached hydrogens (primary N) is 1. The van der Waals surface area contributed by atoms with Crippen molar-refractivity contribution in [2.75, 3.05) is 5.73 Å². The summed E-state index contributed by atoms with van der Waals surface area (Å²) in [6.07, 6.45) is 0. The molecule has 2 nitrogen and oxygen atoms in total. The molecule has 0 atom stereocenters. The molecule has 92 valence electrons. The zero-order valence-corrected chi connectivity index (χ0v) is 10.7. The minimum atomic E-state index is -0.547. The fourth-order valence-electron chi connectivity index (χ4n) is 1.98. The Hall–Kier alpha value is -2.09. The van der Waals surface area contributed by atoms with E-state index < -0.39 is 5.41 Å². The van der Waals surface area contributed by atoms with Crippen LogP contribution in [0.2, 0.25) is 0 Å². The second kappa shape index (κ2) is 4.65. The number of rotatable bonds is 3. The van der Waals surface area contributed by atoms with E-state index >= 15 is 0 Å². The summed E-state index contributed by atoms with van der Waals surface area (Å²) in [5, 5.41) is 0. The van der Waals surface area contributed by atoms with Crippen molar-refractivity contribution in [1.82, 2.24) is 0 Å². The molecule has 0 aromatic heterocycles. The number of carbonyl (C=O) groups is 1. The van der Waals surface area contributed by atoms with E-state index in [4.69, 9.17) is 5.73 Å². The molecule has 18 heavy (non-hydrogen) atoms. The number of nitrogen functional groups attached to an aromatic ring is 1. The summed E-state index contributed by atoms with van der Waals surface area (Å²) in [6.45, 7) is 3.88. The monoisotopic (exact) mass is 239 g/mol. The second-order valence-electron chi connectivity index (χ2n) is 4.94. The maximum absolute atomic E-state index is 12.5. The molecule has 0 amide bonds. The van der Waals surface area contributed by atoms with Crippen LogP contribution in [0, 0.1) is 0 Å². The van der Waals surface area contributed by atoms with Gasteiger partial charge < -0.3 is 5.73 Å². The minimum Gasteiger partial charge on any atom is -0.399 e. The van der Waals surface area contributed by atoms with E-state index in [0.717, 1.165) is 11.1 Å². The Morgan fingerprint density at radius 3 is 2.06 bits per heavy atom. The molecule has 2 rings (SSSR count). The first-order chi connectivity index (χ1) is 8.51. The zero-order valence-electron chi connectivity index (χ0n) is 10.7. The Morgan fingerprint density at radius 1 is 0.944 bits per heavy atom. The molecule has 2 heteroatoms. The summed E-state index contributed by atoms with van der Waals surface area (Å²) in [7, 11) is 0. The highest BCUT2D eigenvalue weighted by molar-refractivity contribution is 6.03. The van der Waals surface area contributed by atoms with Crippen LogP contribution in [0.1, 0.15) is 29.8 Å². The van der Waals surface area contributed by atoms with Gasteiger partial charge in [0.1, 0.15) is 0 Å². The summed E-state index contributed by atoms with van der Waals surface area (Å²) in [6, 6.07) is 16.9. The van der Waals surface area contributed by atoms with E-state index in [1.807, 2.05) is 68.4 Å². The molecule has 0 saturated carbocycles. The summed E-state index contributed by atoms with van der Waals surface area (Å²) in [5.74, 6) is 0.118. The van der Waals surface area contributed by atoms with Crippen molar-refractivity contribution in [3.8, 4) is 0 Å². The highest BCUT2D eigenvalue weighted by atomic mass is 16.1. The molecular weight excluding hydrogens is 222 g/mol. The largest absolute Gasteiger partial charge is 0.399 e. The van der Waals surface area contributed by atoms with Crippen molar-refractivity contribution < 1.29 is 4.79 Å². The van der Waals surface area contributed by atoms with Gasteiger partial charge in [-0.15, -0.1) is 0 Å². The smallest absolute Gasteiger partial charge is 0.172 e. The normalized spacial score (nSPS) is 11.2. The van der Waals surface area contributed by atoms with Crippen molar-refractivity contribution in [1.29, 1.82) is 0 Å². The number of ketones is 1. The first-order valence-electron chi connectivity index (χ1n) is 5.97. The predicted octanol–water partition coefficient (Wildman–Crippen LogP) is 3.43. The molecule has 0 aliphatic rings. The molecule has 2 aromatic rings. The highest BCUT2D eigenvalue weighted by Gasteiger charge is 2.30. The average molecular weight is 239 g/mol. The van der Waals surface area contributed by atoms with Crippen molar-refractivity contribution >= 4 is 11.5 Å². The highest BCUT2D eigenvalue weighted by Crippen LogP contribution is 2.28. The lowest BCUT2D eigenvalue weighted by atomic mass is 9.78. The van der Waals surface area contributed by atoms with Gasteiger partial charge in [0.15, 0.2) is 5.78 Å². The van der Waals surface area contributed by atoms with Crippen LogP contribution < -0.4 is 5.73 Å². The molecule has 0 aliphatic heterocycles. The van der Waals surface area contributed by atoms with Gasteiger partial charge in [0.25, 0.3) is 0 Å². The Balaban J connectivity index is 2.37. The van der Waals surface area contributed by atoms with Crippen LogP contribution in [0.5, 0.6) is 0 Å². The number of Topliss-reactive ketones (excluding diaryl/α,β-unsaturated/α-hetero) is 1. The van der Waals surface area contributed by atoms with Gasteiger partial charge in [-0.3, -0.25) is 4.79 Å². The molecule has 0 unspecified atom stereocenters. The van der Waals surface area contributed by atoms with Gasteiger partial charge >= 0.3 is 0 Å². The van der Waals surface area contributed by atoms with Crippen LogP contribution >= 0.6 is 0 Å². The number of carbonyl (C=O) groups excluding carboxylic acids is 1. The predicted molar refractivity (Wildman–Crippen MR) is 74.7 cm³/mol. The topological polar surface area (TPSA) is 43.1 Å². The number of benzene rings is 2. The zero-order chi connectivity index (χ0) is 13.2. The Bertz CT molecular complexity index is 541. The standard InChI is InChI=1S/C16H17NO/c1-16(2,13-8-10-14(17)11-9-13)15(18)12-6-4-3-5-7-12/h3-11H,17H2,1-2H3. The first kappa shape index (κ1) is 12.4. The third-order valence-electron chi connectivity index (χ3n) is 3.24. The van der Waals surface area contributed by atoms with E-state index in [2.05, 4.69) is 0 Å².